The molecule has 1 aliphatic rings. The third kappa shape index (κ3) is 2.31. The molecule has 1 unspecified atom stereocenters. The Bertz CT molecular complexity index is 411. The van der Waals surface area contributed by atoms with Crippen molar-refractivity contribution in [1.82, 2.24) is 0 Å². The van der Waals surface area contributed by atoms with Crippen molar-refractivity contribution in [2.45, 2.75) is 38.8 Å². The SMILES string of the molecule is COc1c(C)cc(C)cc1C(N)C1CC(N)C1. The highest BCUT2D eigenvalue weighted by molar-refractivity contribution is 5.45. The lowest BCUT2D eigenvalue weighted by molar-refractivity contribution is 0.221. The van der Waals surface area contributed by atoms with Gasteiger partial charge in [0.05, 0.1) is 7.11 Å². The van der Waals surface area contributed by atoms with Gasteiger partial charge in [-0.2, -0.15) is 0 Å². The Morgan fingerprint density at radius 3 is 2.47 bits per heavy atom. The standard InChI is InChI=1S/C14H22N2O/c1-8-4-9(2)14(17-3)12(5-8)13(16)10-6-11(15)7-10/h4-5,10-11,13H,6-7,15-16H2,1-3H3. The summed E-state index contributed by atoms with van der Waals surface area (Å²) in [5, 5.41) is 0. The van der Waals surface area contributed by atoms with Gasteiger partial charge in [-0.1, -0.05) is 17.7 Å². The third-order valence-electron chi connectivity index (χ3n) is 3.73. The van der Waals surface area contributed by atoms with Gasteiger partial charge in [-0.3, -0.25) is 0 Å². The Hall–Kier alpha value is -1.06. The van der Waals surface area contributed by atoms with Gasteiger partial charge in [0.25, 0.3) is 0 Å². The van der Waals surface area contributed by atoms with Crippen molar-refractivity contribution in [2.75, 3.05) is 7.11 Å². The molecule has 3 nitrogen and oxygen atoms in total. The molecule has 1 atom stereocenters. The van der Waals surface area contributed by atoms with Crippen molar-refractivity contribution in [2.24, 2.45) is 17.4 Å². The first-order valence-electron chi connectivity index (χ1n) is 6.19. The van der Waals surface area contributed by atoms with Crippen LogP contribution in [0.2, 0.25) is 0 Å². The Balaban J connectivity index is 2.30. The van der Waals surface area contributed by atoms with Crippen molar-refractivity contribution < 1.29 is 4.74 Å². The molecule has 1 aromatic rings. The van der Waals surface area contributed by atoms with Gasteiger partial charge in [0, 0.05) is 17.6 Å². The molecule has 17 heavy (non-hydrogen) atoms. The van der Waals surface area contributed by atoms with E-state index in [0.29, 0.717) is 12.0 Å². The molecule has 94 valence electrons. The summed E-state index contributed by atoms with van der Waals surface area (Å²) in [6.45, 7) is 4.16. The number of aryl methyl sites for hydroxylation is 2. The quantitative estimate of drug-likeness (QED) is 0.841. The first-order valence-corrected chi connectivity index (χ1v) is 6.19. The molecule has 0 spiro atoms. The van der Waals surface area contributed by atoms with Crippen molar-refractivity contribution in [3.8, 4) is 5.75 Å². The fourth-order valence-electron chi connectivity index (χ4n) is 2.77. The van der Waals surface area contributed by atoms with E-state index in [0.717, 1.165) is 29.7 Å². The minimum absolute atomic E-state index is 0.0448. The van der Waals surface area contributed by atoms with Crippen LogP contribution in [0.3, 0.4) is 0 Å². The third-order valence-corrected chi connectivity index (χ3v) is 3.73. The lowest BCUT2D eigenvalue weighted by atomic mass is 9.74. The maximum Gasteiger partial charge on any atom is 0.126 e. The number of ether oxygens (including phenoxy) is 1. The summed E-state index contributed by atoms with van der Waals surface area (Å²) in [5.74, 6) is 1.43. The van der Waals surface area contributed by atoms with Gasteiger partial charge in [-0.05, 0) is 38.2 Å². The predicted octanol–water partition coefficient (Wildman–Crippen LogP) is 2.05. The number of benzene rings is 1. The van der Waals surface area contributed by atoms with E-state index in [4.69, 9.17) is 16.2 Å². The second kappa shape index (κ2) is 4.67. The molecule has 0 aromatic heterocycles. The number of methoxy groups -OCH3 is 1. The first kappa shape index (κ1) is 12.4. The van der Waals surface area contributed by atoms with Crippen LogP contribution in [-0.4, -0.2) is 13.2 Å². The molecule has 0 radical (unpaired) electrons. The average molecular weight is 234 g/mol. The Morgan fingerprint density at radius 2 is 1.94 bits per heavy atom. The van der Waals surface area contributed by atoms with Gasteiger partial charge in [-0.15, -0.1) is 0 Å². The molecule has 1 fully saturated rings. The summed E-state index contributed by atoms with van der Waals surface area (Å²) in [4.78, 5) is 0. The van der Waals surface area contributed by atoms with Crippen LogP contribution in [-0.2, 0) is 0 Å². The van der Waals surface area contributed by atoms with E-state index in [1.165, 1.54) is 5.56 Å². The van der Waals surface area contributed by atoms with Gasteiger partial charge in [-0.25, -0.2) is 0 Å². The highest BCUT2D eigenvalue weighted by atomic mass is 16.5. The minimum atomic E-state index is 0.0448. The van der Waals surface area contributed by atoms with Crippen molar-refractivity contribution >= 4 is 0 Å². The summed E-state index contributed by atoms with van der Waals surface area (Å²) < 4.78 is 5.49. The van der Waals surface area contributed by atoms with E-state index in [1.54, 1.807) is 7.11 Å². The fourth-order valence-corrected chi connectivity index (χ4v) is 2.77. The van der Waals surface area contributed by atoms with Gasteiger partial charge in [0.1, 0.15) is 5.75 Å². The zero-order chi connectivity index (χ0) is 12.6. The maximum absolute atomic E-state index is 6.34. The van der Waals surface area contributed by atoms with Crippen LogP contribution < -0.4 is 16.2 Å². The average Bonchev–Trinajstić information content (AvgIpc) is 2.23. The van der Waals surface area contributed by atoms with Gasteiger partial charge < -0.3 is 16.2 Å². The topological polar surface area (TPSA) is 61.3 Å². The zero-order valence-corrected chi connectivity index (χ0v) is 10.9. The van der Waals surface area contributed by atoms with Crippen LogP contribution in [0.4, 0.5) is 0 Å². The van der Waals surface area contributed by atoms with E-state index >= 15 is 0 Å². The molecule has 0 bridgehead atoms. The highest BCUT2D eigenvalue weighted by Crippen LogP contribution is 2.40. The molecular formula is C14H22N2O. The van der Waals surface area contributed by atoms with E-state index in [-0.39, 0.29) is 6.04 Å². The smallest absolute Gasteiger partial charge is 0.126 e. The van der Waals surface area contributed by atoms with Crippen molar-refractivity contribution in [1.29, 1.82) is 0 Å². The summed E-state index contributed by atoms with van der Waals surface area (Å²) in [6, 6.07) is 4.65. The monoisotopic (exact) mass is 234 g/mol. The van der Waals surface area contributed by atoms with E-state index in [9.17, 15) is 0 Å². The highest BCUT2D eigenvalue weighted by Gasteiger charge is 2.33. The number of hydrogen-bond acceptors (Lipinski definition) is 3. The lowest BCUT2D eigenvalue weighted by Crippen LogP contribution is -2.41. The van der Waals surface area contributed by atoms with Gasteiger partial charge >= 0.3 is 0 Å². The molecule has 0 aliphatic heterocycles. The Labute approximate surface area is 103 Å². The van der Waals surface area contributed by atoms with Crippen LogP contribution >= 0.6 is 0 Å². The molecule has 1 saturated carbocycles. The van der Waals surface area contributed by atoms with Gasteiger partial charge in [0.15, 0.2) is 0 Å². The lowest BCUT2D eigenvalue weighted by Gasteiger charge is -2.37. The fraction of sp³-hybridized carbons (Fsp3) is 0.571. The number of rotatable bonds is 3. The summed E-state index contributed by atoms with van der Waals surface area (Å²) in [5.41, 5.74) is 15.7. The number of hydrogen-bond donors (Lipinski definition) is 2. The largest absolute Gasteiger partial charge is 0.496 e. The minimum Gasteiger partial charge on any atom is -0.496 e. The molecule has 3 heteroatoms. The second-order valence-electron chi connectivity index (χ2n) is 5.22. The van der Waals surface area contributed by atoms with Crippen molar-refractivity contribution in [3.05, 3.63) is 28.8 Å². The summed E-state index contributed by atoms with van der Waals surface area (Å²) in [6.07, 6.45) is 2.05. The maximum atomic E-state index is 6.34. The summed E-state index contributed by atoms with van der Waals surface area (Å²) in [7, 11) is 1.71. The molecule has 0 heterocycles. The molecule has 0 amide bonds. The molecule has 1 aromatic carbocycles. The van der Waals surface area contributed by atoms with E-state index < -0.39 is 0 Å². The summed E-state index contributed by atoms with van der Waals surface area (Å²) >= 11 is 0. The van der Waals surface area contributed by atoms with Crippen LogP contribution in [0.1, 0.15) is 35.6 Å². The second-order valence-corrected chi connectivity index (χ2v) is 5.22. The van der Waals surface area contributed by atoms with Gasteiger partial charge in [0.2, 0.25) is 0 Å². The Kier molecular flexibility index (Phi) is 3.40. The predicted molar refractivity (Wildman–Crippen MR) is 70.1 cm³/mol. The zero-order valence-electron chi connectivity index (χ0n) is 10.9. The first-order chi connectivity index (χ1) is 8.02. The number of nitrogens with two attached hydrogens (primary N) is 2. The van der Waals surface area contributed by atoms with Crippen LogP contribution in [0.25, 0.3) is 0 Å². The van der Waals surface area contributed by atoms with E-state index in [1.807, 2.05) is 0 Å². The van der Waals surface area contributed by atoms with Crippen molar-refractivity contribution in [3.63, 3.8) is 0 Å². The molecule has 0 saturated heterocycles. The van der Waals surface area contributed by atoms with Crippen LogP contribution in [0.15, 0.2) is 12.1 Å². The van der Waals surface area contributed by atoms with Crippen LogP contribution in [0.5, 0.6) is 5.75 Å². The molecular weight excluding hydrogens is 212 g/mol. The van der Waals surface area contributed by atoms with E-state index in [2.05, 4.69) is 26.0 Å². The van der Waals surface area contributed by atoms with Crippen LogP contribution in [0, 0.1) is 19.8 Å². The molecule has 4 N–H and O–H groups in total. The Morgan fingerprint density at radius 1 is 1.29 bits per heavy atom. The molecule has 1 aliphatic carbocycles. The normalized spacial score (nSPS) is 25.2. The molecule has 2 rings (SSSR count).